The van der Waals surface area contributed by atoms with Crippen LogP contribution in [-0.2, 0) is 6.54 Å². The van der Waals surface area contributed by atoms with Crippen molar-refractivity contribution >= 4 is 16.7 Å². The van der Waals surface area contributed by atoms with Gasteiger partial charge in [0, 0.05) is 25.0 Å². The molecule has 0 aliphatic carbocycles. The van der Waals surface area contributed by atoms with Crippen LogP contribution in [0.25, 0.3) is 10.9 Å². The molecule has 3 rings (SSSR count). The Hall–Kier alpha value is -1.61. The number of nitrogens with zero attached hydrogens (tertiary/aromatic N) is 2. The molecule has 112 valence electrons. The number of anilines is 1. The summed E-state index contributed by atoms with van der Waals surface area (Å²) in [5, 5.41) is 4.53. The van der Waals surface area contributed by atoms with Crippen LogP contribution in [0.1, 0.15) is 25.8 Å². The molecule has 3 heteroatoms. The highest BCUT2D eigenvalue weighted by atomic mass is 15.2. The van der Waals surface area contributed by atoms with Gasteiger partial charge in [0.2, 0.25) is 0 Å². The minimum Gasteiger partial charge on any atom is -0.356 e. The van der Waals surface area contributed by atoms with E-state index in [9.17, 15) is 0 Å². The van der Waals surface area contributed by atoms with Gasteiger partial charge in [0.25, 0.3) is 0 Å². The molecule has 0 saturated carbocycles. The van der Waals surface area contributed by atoms with Gasteiger partial charge in [-0.25, -0.2) is 4.98 Å². The molecule has 1 aromatic carbocycles. The third-order valence-electron chi connectivity index (χ3n) is 4.81. The molecule has 1 aliphatic heterocycles. The van der Waals surface area contributed by atoms with Gasteiger partial charge < -0.3 is 10.2 Å². The molecule has 0 amide bonds. The first-order valence-electron chi connectivity index (χ1n) is 7.97. The van der Waals surface area contributed by atoms with E-state index in [-0.39, 0.29) is 0 Å². The van der Waals surface area contributed by atoms with Crippen LogP contribution in [0.5, 0.6) is 0 Å². The van der Waals surface area contributed by atoms with Crippen LogP contribution in [-0.4, -0.2) is 25.1 Å². The quantitative estimate of drug-likeness (QED) is 0.935. The number of pyridine rings is 1. The van der Waals surface area contributed by atoms with Gasteiger partial charge in [-0.15, -0.1) is 0 Å². The summed E-state index contributed by atoms with van der Waals surface area (Å²) < 4.78 is 0. The number of piperidine rings is 1. The van der Waals surface area contributed by atoms with Crippen molar-refractivity contribution in [3.8, 4) is 0 Å². The Kier molecular flexibility index (Phi) is 4.11. The Morgan fingerprint density at radius 3 is 2.81 bits per heavy atom. The van der Waals surface area contributed by atoms with Gasteiger partial charge in [-0.2, -0.15) is 0 Å². The van der Waals surface area contributed by atoms with Crippen molar-refractivity contribution in [3.63, 3.8) is 0 Å². The average molecular weight is 283 g/mol. The van der Waals surface area contributed by atoms with Crippen molar-refractivity contribution in [2.24, 2.45) is 11.8 Å². The normalized spacial score (nSPS) is 22.7. The van der Waals surface area contributed by atoms with E-state index in [0.717, 1.165) is 42.8 Å². The molecule has 2 aromatic rings. The first-order valence-corrected chi connectivity index (χ1v) is 7.97. The lowest BCUT2D eigenvalue weighted by atomic mass is 9.88. The molecule has 0 spiro atoms. The number of hydrogen-bond donors (Lipinski definition) is 1. The Morgan fingerprint density at radius 1 is 1.24 bits per heavy atom. The Morgan fingerprint density at radius 2 is 2.05 bits per heavy atom. The molecule has 3 nitrogen and oxygen atoms in total. The number of aromatic nitrogens is 1. The van der Waals surface area contributed by atoms with Crippen molar-refractivity contribution in [3.05, 3.63) is 35.9 Å². The predicted octanol–water partition coefficient (Wildman–Crippen LogP) is 3.44. The maximum Gasteiger partial charge on any atom is 0.129 e. The molecule has 2 heterocycles. The van der Waals surface area contributed by atoms with E-state index in [1.54, 1.807) is 0 Å². The van der Waals surface area contributed by atoms with Crippen LogP contribution in [0.3, 0.4) is 0 Å². The van der Waals surface area contributed by atoms with Crippen LogP contribution in [0, 0.1) is 11.8 Å². The third kappa shape index (κ3) is 2.88. The van der Waals surface area contributed by atoms with E-state index in [1.807, 2.05) is 7.05 Å². The van der Waals surface area contributed by atoms with E-state index in [2.05, 4.69) is 54.4 Å². The zero-order chi connectivity index (χ0) is 14.8. The molecule has 2 unspecified atom stereocenters. The van der Waals surface area contributed by atoms with Gasteiger partial charge >= 0.3 is 0 Å². The van der Waals surface area contributed by atoms with E-state index in [0.29, 0.717) is 0 Å². The van der Waals surface area contributed by atoms with Gasteiger partial charge in [-0.3, -0.25) is 0 Å². The largest absolute Gasteiger partial charge is 0.356 e. The van der Waals surface area contributed by atoms with Gasteiger partial charge in [-0.1, -0.05) is 32.0 Å². The van der Waals surface area contributed by atoms with Crippen LogP contribution in [0.4, 0.5) is 5.82 Å². The Bertz CT molecular complexity index is 623. The fraction of sp³-hybridized carbons (Fsp3) is 0.500. The Labute approximate surface area is 127 Å². The number of para-hydroxylation sites is 1. The molecule has 1 N–H and O–H groups in total. The fourth-order valence-corrected chi connectivity index (χ4v) is 3.20. The zero-order valence-electron chi connectivity index (χ0n) is 13.3. The summed E-state index contributed by atoms with van der Waals surface area (Å²) in [6.07, 6.45) is 1.26. The molecular weight excluding hydrogens is 258 g/mol. The standard InChI is InChI=1S/C18H25N3/c1-13-8-9-21(12-14(13)2)18-10-15(11-19-3)16-6-4-5-7-17(16)20-18/h4-7,10,13-14,19H,8-9,11-12H2,1-3H3. The van der Waals surface area contributed by atoms with Gasteiger partial charge in [0.1, 0.15) is 5.82 Å². The molecule has 1 fully saturated rings. The predicted molar refractivity (Wildman–Crippen MR) is 89.7 cm³/mol. The second kappa shape index (κ2) is 6.02. The summed E-state index contributed by atoms with van der Waals surface area (Å²) in [5.41, 5.74) is 2.44. The molecule has 1 aromatic heterocycles. The van der Waals surface area contributed by atoms with Crippen LogP contribution >= 0.6 is 0 Å². The van der Waals surface area contributed by atoms with Crippen molar-refractivity contribution < 1.29 is 0 Å². The van der Waals surface area contributed by atoms with Gasteiger partial charge in [0.05, 0.1) is 5.52 Å². The molecule has 0 bridgehead atoms. The molecular formula is C18H25N3. The first kappa shape index (κ1) is 14.3. The lowest BCUT2D eigenvalue weighted by Gasteiger charge is -2.36. The highest BCUT2D eigenvalue weighted by molar-refractivity contribution is 5.84. The number of hydrogen-bond acceptors (Lipinski definition) is 3. The lowest BCUT2D eigenvalue weighted by molar-refractivity contribution is 0.323. The summed E-state index contributed by atoms with van der Waals surface area (Å²) in [5.74, 6) is 2.69. The number of benzene rings is 1. The molecule has 2 atom stereocenters. The summed E-state index contributed by atoms with van der Waals surface area (Å²) in [6, 6.07) is 10.7. The summed E-state index contributed by atoms with van der Waals surface area (Å²) in [7, 11) is 2.00. The van der Waals surface area contributed by atoms with Crippen molar-refractivity contribution in [1.29, 1.82) is 0 Å². The van der Waals surface area contributed by atoms with Gasteiger partial charge in [-0.05, 0) is 43.0 Å². The fourth-order valence-electron chi connectivity index (χ4n) is 3.20. The highest BCUT2D eigenvalue weighted by Gasteiger charge is 2.24. The average Bonchev–Trinajstić information content (AvgIpc) is 2.50. The number of rotatable bonds is 3. The van der Waals surface area contributed by atoms with Crippen LogP contribution in [0.2, 0.25) is 0 Å². The van der Waals surface area contributed by atoms with E-state index in [4.69, 9.17) is 4.98 Å². The monoisotopic (exact) mass is 283 g/mol. The molecule has 1 saturated heterocycles. The molecule has 1 aliphatic rings. The SMILES string of the molecule is CNCc1cc(N2CCC(C)C(C)C2)nc2ccccc12. The van der Waals surface area contributed by atoms with E-state index < -0.39 is 0 Å². The summed E-state index contributed by atoms with van der Waals surface area (Å²) in [4.78, 5) is 7.35. The second-order valence-corrected chi connectivity index (χ2v) is 6.38. The van der Waals surface area contributed by atoms with Crippen molar-refractivity contribution in [1.82, 2.24) is 10.3 Å². The zero-order valence-corrected chi connectivity index (χ0v) is 13.3. The highest BCUT2D eigenvalue weighted by Crippen LogP contribution is 2.28. The van der Waals surface area contributed by atoms with Crippen molar-refractivity contribution in [2.75, 3.05) is 25.0 Å². The number of fused-ring (bicyclic) bond motifs is 1. The topological polar surface area (TPSA) is 28.2 Å². The van der Waals surface area contributed by atoms with E-state index >= 15 is 0 Å². The maximum atomic E-state index is 4.90. The van der Waals surface area contributed by atoms with Crippen molar-refractivity contribution in [2.45, 2.75) is 26.8 Å². The Balaban J connectivity index is 1.99. The second-order valence-electron chi connectivity index (χ2n) is 6.38. The minimum atomic E-state index is 0.736. The minimum absolute atomic E-state index is 0.736. The lowest BCUT2D eigenvalue weighted by Crippen LogP contribution is -2.38. The molecule has 0 radical (unpaired) electrons. The summed E-state index contributed by atoms with van der Waals surface area (Å²) >= 11 is 0. The van der Waals surface area contributed by atoms with Crippen LogP contribution in [0.15, 0.2) is 30.3 Å². The maximum absolute atomic E-state index is 4.90. The summed E-state index contributed by atoms with van der Waals surface area (Å²) in [6.45, 7) is 7.84. The molecule has 21 heavy (non-hydrogen) atoms. The van der Waals surface area contributed by atoms with E-state index in [1.165, 1.54) is 17.4 Å². The first-order chi connectivity index (χ1) is 10.2. The third-order valence-corrected chi connectivity index (χ3v) is 4.81. The van der Waals surface area contributed by atoms with Crippen LogP contribution < -0.4 is 10.2 Å². The van der Waals surface area contributed by atoms with Gasteiger partial charge in [0.15, 0.2) is 0 Å². The smallest absolute Gasteiger partial charge is 0.129 e. The number of nitrogens with one attached hydrogen (secondary N) is 1.